The topological polar surface area (TPSA) is 73.2 Å². The highest BCUT2D eigenvalue weighted by molar-refractivity contribution is 5.83. The van der Waals surface area contributed by atoms with E-state index < -0.39 is 0 Å². The molecule has 0 saturated heterocycles. The minimum absolute atomic E-state index is 0.0886. The third-order valence-corrected chi connectivity index (χ3v) is 4.89. The van der Waals surface area contributed by atoms with E-state index in [1.54, 1.807) is 6.07 Å². The molecule has 6 nitrogen and oxygen atoms in total. The van der Waals surface area contributed by atoms with Crippen LogP contribution in [0.4, 0.5) is 0 Å². The number of nitrogens with one attached hydrogen (secondary N) is 1. The molecule has 1 aliphatic rings. The van der Waals surface area contributed by atoms with E-state index in [2.05, 4.69) is 10.4 Å². The van der Waals surface area contributed by atoms with E-state index in [9.17, 15) is 9.59 Å². The molecule has 0 unspecified atom stereocenters. The van der Waals surface area contributed by atoms with Crippen molar-refractivity contribution in [2.45, 2.75) is 19.9 Å². The number of fused-ring (bicyclic) bond motifs is 2. The van der Waals surface area contributed by atoms with E-state index in [0.29, 0.717) is 18.5 Å². The zero-order valence-electron chi connectivity index (χ0n) is 15.1. The number of nitrogens with zero attached hydrogens (tertiary/aromatic N) is 2. The molecule has 4 rings (SSSR count). The molecule has 138 valence electrons. The number of para-hydroxylation sites is 1. The van der Waals surface area contributed by atoms with Crippen molar-refractivity contribution in [3.05, 3.63) is 70.1 Å². The SMILES string of the molecule is Cc1nn(CC(=O)NC[C@H]2COc3ccccc3C2)c(=O)c2ccccc12. The van der Waals surface area contributed by atoms with Gasteiger partial charge in [0.25, 0.3) is 5.56 Å². The van der Waals surface area contributed by atoms with Gasteiger partial charge in [-0.1, -0.05) is 36.4 Å². The van der Waals surface area contributed by atoms with Crippen LogP contribution in [-0.2, 0) is 17.8 Å². The van der Waals surface area contributed by atoms with Gasteiger partial charge in [0, 0.05) is 17.8 Å². The van der Waals surface area contributed by atoms with Crippen LogP contribution in [0.15, 0.2) is 53.3 Å². The second-order valence-electron chi connectivity index (χ2n) is 6.89. The first-order valence-corrected chi connectivity index (χ1v) is 9.05. The zero-order chi connectivity index (χ0) is 18.8. The van der Waals surface area contributed by atoms with Gasteiger partial charge < -0.3 is 10.1 Å². The van der Waals surface area contributed by atoms with Gasteiger partial charge in [0.2, 0.25) is 5.91 Å². The van der Waals surface area contributed by atoms with E-state index >= 15 is 0 Å². The lowest BCUT2D eigenvalue weighted by atomic mass is 9.97. The lowest BCUT2D eigenvalue weighted by Gasteiger charge is -2.25. The molecule has 0 saturated carbocycles. The summed E-state index contributed by atoms with van der Waals surface area (Å²) in [6.45, 7) is 2.83. The third kappa shape index (κ3) is 3.56. The molecule has 6 heteroatoms. The second-order valence-corrected chi connectivity index (χ2v) is 6.89. The number of hydrogen-bond acceptors (Lipinski definition) is 4. The maximum absolute atomic E-state index is 12.6. The highest BCUT2D eigenvalue weighted by Gasteiger charge is 2.20. The van der Waals surface area contributed by atoms with Gasteiger partial charge in [-0.05, 0) is 31.0 Å². The second kappa shape index (κ2) is 7.23. The molecule has 27 heavy (non-hydrogen) atoms. The number of ether oxygens (including phenoxy) is 1. The average Bonchev–Trinajstić information content (AvgIpc) is 2.70. The Morgan fingerprint density at radius 2 is 1.93 bits per heavy atom. The van der Waals surface area contributed by atoms with Crippen LogP contribution >= 0.6 is 0 Å². The molecule has 0 spiro atoms. The molecule has 1 aliphatic heterocycles. The number of benzene rings is 2. The summed E-state index contributed by atoms with van der Waals surface area (Å²) in [6.07, 6.45) is 0.865. The number of aryl methyl sites for hydroxylation is 1. The number of carbonyl (C=O) groups excluding carboxylic acids is 1. The Kier molecular flexibility index (Phi) is 4.62. The molecule has 3 aromatic rings. The van der Waals surface area contributed by atoms with Gasteiger partial charge in [-0.3, -0.25) is 9.59 Å². The van der Waals surface area contributed by atoms with Crippen molar-refractivity contribution < 1.29 is 9.53 Å². The molecule has 0 fully saturated rings. The maximum Gasteiger partial charge on any atom is 0.275 e. The van der Waals surface area contributed by atoms with Gasteiger partial charge in [0.1, 0.15) is 12.3 Å². The van der Waals surface area contributed by atoms with Crippen molar-refractivity contribution in [1.82, 2.24) is 15.1 Å². The summed E-state index contributed by atoms with van der Waals surface area (Å²) in [6, 6.07) is 15.3. The largest absolute Gasteiger partial charge is 0.493 e. The predicted octanol–water partition coefficient (Wildman–Crippen LogP) is 2.07. The molecule has 2 aromatic carbocycles. The fourth-order valence-electron chi connectivity index (χ4n) is 3.48. The molecule has 1 atom stereocenters. The molecular weight excluding hydrogens is 342 g/mol. The Hall–Kier alpha value is -3.15. The van der Waals surface area contributed by atoms with Crippen LogP contribution in [0.2, 0.25) is 0 Å². The van der Waals surface area contributed by atoms with Crippen molar-refractivity contribution in [1.29, 1.82) is 0 Å². The number of carbonyl (C=O) groups is 1. The molecule has 0 aliphatic carbocycles. The smallest absolute Gasteiger partial charge is 0.275 e. The van der Waals surface area contributed by atoms with Crippen LogP contribution in [0.3, 0.4) is 0 Å². The molecule has 2 heterocycles. The highest BCUT2D eigenvalue weighted by Crippen LogP contribution is 2.26. The molecule has 0 radical (unpaired) electrons. The summed E-state index contributed by atoms with van der Waals surface area (Å²) in [5.74, 6) is 0.910. The van der Waals surface area contributed by atoms with Gasteiger partial charge in [-0.15, -0.1) is 0 Å². The maximum atomic E-state index is 12.6. The first-order chi connectivity index (χ1) is 13.1. The monoisotopic (exact) mass is 363 g/mol. The minimum Gasteiger partial charge on any atom is -0.493 e. The molecule has 0 bridgehead atoms. The zero-order valence-corrected chi connectivity index (χ0v) is 15.1. The summed E-state index contributed by atoms with van der Waals surface area (Å²) >= 11 is 0. The molecule has 1 amide bonds. The first-order valence-electron chi connectivity index (χ1n) is 9.05. The van der Waals surface area contributed by atoms with Gasteiger partial charge in [-0.25, -0.2) is 4.68 Å². The van der Waals surface area contributed by atoms with Crippen LogP contribution in [0.1, 0.15) is 11.3 Å². The number of amides is 1. The molecule has 1 aromatic heterocycles. The Balaban J connectivity index is 1.41. The van der Waals surface area contributed by atoms with Gasteiger partial charge >= 0.3 is 0 Å². The summed E-state index contributed by atoms with van der Waals surface area (Å²) in [5.41, 5.74) is 1.64. The summed E-state index contributed by atoms with van der Waals surface area (Å²) in [5, 5.41) is 8.59. The first kappa shape index (κ1) is 17.3. The quantitative estimate of drug-likeness (QED) is 0.770. The lowest BCUT2D eigenvalue weighted by Crippen LogP contribution is -2.38. The normalized spacial score (nSPS) is 15.8. The van der Waals surface area contributed by atoms with Crippen molar-refractivity contribution in [3.63, 3.8) is 0 Å². The minimum atomic E-state index is -0.249. The molecule has 1 N–H and O–H groups in total. The van der Waals surface area contributed by atoms with E-state index in [1.165, 1.54) is 4.68 Å². The highest BCUT2D eigenvalue weighted by atomic mass is 16.5. The van der Waals surface area contributed by atoms with E-state index in [4.69, 9.17) is 4.74 Å². The Morgan fingerprint density at radius 3 is 2.78 bits per heavy atom. The van der Waals surface area contributed by atoms with Crippen LogP contribution in [-0.4, -0.2) is 28.8 Å². The Morgan fingerprint density at radius 1 is 1.19 bits per heavy atom. The van der Waals surface area contributed by atoms with E-state index in [0.717, 1.165) is 28.8 Å². The van der Waals surface area contributed by atoms with E-state index in [-0.39, 0.29) is 23.9 Å². The van der Waals surface area contributed by atoms with E-state index in [1.807, 2.05) is 49.4 Å². The number of hydrogen-bond donors (Lipinski definition) is 1. The fourth-order valence-corrected chi connectivity index (χ4v) is 3.48. The van der Waals surface area contributed by atoms with Gasteiger partial charge in [-0.2, -0.15) is 5.10 Å². The van der Waals surface area contributed by atoms with Crippen LogP contribution in [0, 0.1) is 12.8 Å². The number of rotatable bonds is 4. The standard InChI is InChI=1S/C21H21N3O3/c1-14-17-7-3-4-8-18(17)21(26)24(23-14)12-20(25)22-11-15-10-16-6-2-5-9-19(16)27-13-15/h2-9,15H,10-13H2,1H3,(H,22,25)/t15-/m0/s1. The number of aromatic nitrogens is 2. The average molecular weight is 363 g/mol. The van der Waals surface area contributed by atoms with Crippen molar-refractivity contribution in [3.8, 4) is 5.75 Å². The fraction of sp³-hybridized carbons (Fsp3) is 0.286. The summed E-state index contributed by atoms with van der Waals surface area (Å²) in [7, 11) is 0. The van der Waals surface area contributed by atoms with Gasteiger partial charge in [0.15, 0.2) is 0 Å². The summed E-state index contributed by atoms with van der Waals surface area (Å²) < 4.78 is 6.99. The lowest BCUT2D eigenvalue weighted by molar-refractivity contribution is -0.122. The summed E-state index contributed by atoms with van der Waals surface area (Å²) in [4.78, 5) is 24.9. The van der Waals surface area contributed by atoms with Crippen molar-refractivity contribution in [2.24, 2.45) is 5.92 Å². The third-order valence-electron chi connectivity index (χ3n) is 4.89. The van der Waals surface area contributed by atoms with Crippen LogP contribution in [0.25, 0.3) is 10.8 Å². The van der Waals surface area contributed by atoms with Crippen molar-refractivity contribution >= 4 is 16.7 Å². The van der Waals surface area contributed by atoms with Crippen LogP contribution in [0.5, 0.6) is 5.75 Å². The van der Waals surface area contributed by atoms with Crippen molar-refractivity contribution in [2.75, 3.05) is 13.2 Å². The Labute approximate surface area is 156 Å². The Bertz CT molecular complexity index is 1060. The predicted molar refractivity (Wildman–Crippen MR) is 103 cm³/mol. The molecular formula is C21H21N3O3. The van der Waals surface area contributed by atoms with Gasteiger partial charge in [0.05, 0.1) is 17.7 Å². The van der Waals surface area contributed by atoms with Crippen LogP contribution < -0.4 is 15.6 Å².